The Bertz CT molecular complexity index is 196. The Labute approximate surface area is 106 Å². The summed E-state index contributed by atoms with van der Waals surface area (Å²) in [5, 5.41) is 0. The maximum Gasteiger partial charge on any atom is 2.00 e. The fraction of sp³-hybridized carbons (Fsp3) is 0.600. The summed E-state index contributed by atoms with van der Waals surface area (Å²) in [6.07, 6.45) is 0.611. The van der Waals surface area contributed by atoms with Crippen LogP contribution in [0.3, 0.4) is 0 Å². The number of carbonyl (C=O) groups excluding carboxylic acids is 4. The molecule has 0 bridgehead atoms. The molecule has 0 aliphatic carbocycles. The van der Waals surface area contributed by atoms with Crippen LogP contribution >= 0.6 is 0 Å². The molecule has 0 aliphatic heterocycles. The maximum atomic E-state index is 8.46. The summed E-state index contributed by atoms with van der Waals surface area (Å²) in [5.41, 5.74) is 0. The molecule has 15 heavy (non-hydrogen) atoms. The van der Waals surface area contributed by atoms with Gasteiger partial charge in [0.1, 0.15) is 0 Å². The Hall–Kier alpha value is -0.554. The summed E-state index contributed by atoms with van der Waals surface area (Å²) in [6, 6.07) is 0. The summed E-state index contributed by atoms with van der Waals surface area (Å²) in [7, 11) is 0. The van der Waals surface area contributed by atoms with Gasteiger partial charge >= 0.3 is 46.2 Å². The summed E-state index contributed by atoms with van der Waals surface area (Å²) in [4.78, 5) is 33.8. The van der Waals surface area contributed by atoms with E-state index in [0.717, 1.165) is 0 Å². The topological polar surface area (TPSA) is 85.6 Å². The number of hydrogen-bond acceptors (Lipinski definition) is 0. The van der Waals surface area contributed by atoms with E-state index in [0.29, 0.717) is 12.8 Å². The monoisotopic (exact) mass is 228 g/mol. The van der Waals surface area contributed by atoms with Crippen LogP contribution in [0.25, 0.3) is 0 Å². The first kappa shape index (κ1) is 19.9. The van der Waals surface area contributed by atoms with Crippen molar-refractivity contribution in [2.75, 3.05) is 0 Å². The molecule has 0 saturated heterocycles. The Morgan fingerprint density at radius 3 is 0.733 bits per heavy atom. The molecule has 0 aromatic rings. The van der Waals surface area contributed by atoms with Crippen molar-refractivity contribution >= 4 is 46.2 Å². The number of ketones is 4. The smallest absolute Gasteiger partial charge is 0.283 e. The Balaban J connectivity index is -0.000000180. The first-order chi connectivity index (χ1) is 6.25. The molecule has 0 aromatic carbocycles. The van der Waals surface area contributed by atoms with Gasteiger partial charge in [0.2, 0.25) is 0 Å². The van der Waals surface area contributed by atoms with Crippen molar-refractivity contribution in [1.29, 1.82) is 0 Å². The van der Waals surface area contributed by atoms with Crippen LogP contribution in [-0.2, 0) is 0 Å². The second-order valence-electron chi connectivity index (χ2n) is 3.29. The van der Waals surface area contributed by atoms with Gasteiger partial charge in [-0.3, -0.25) is 19.2 Å². The minimum Gasteiger partial charge on any atom is -0.283 e. The van der Waals surface area contributed by atoms with E-state index in [1.54, 1.807) is 27.7 Å². The van der Waals surface area contributed by atoms with Crippen LogP contribution in [0.2, 0.25) is 0 Å². The van der Waals surface area contributed by atoms with Crippen LogP contribution < -0.4 is 0 Å². The van der Waals surface area contributed by atoms with Gasteiger partial charge in [0.15, 0.2) is 12.8 Å². The first-order valence-corrected chi connectivity index (χ1v) is 4.31. The van der Waals surface area contributed by atoms with E-state index in [1.165, 1.54) is 0 Å². The summed E-state index contributed by atoms with van der Waals surface area (Å²) in [6.45, 7) is 6.22. The van der Waals surface area contributed by atoms with Crippen molar-refractivity contribution in [2.45, 2.75) is 40.5 Å². The van der Waals surface area contributed by atoms with Gasteiger partial charge in [0, 0.05) is 27.7 Å². The van der Waals surface area contributed by atoms with E-state index in [2.05, 4.69) is 0 Å². The fourth-order valence-electron chi connectivity index (χ4n) is 0.740. The van der Waals surface area contributed by atoms with Crippen molar-refractivity contribution in [3.63, 3.8) is 0 Å². The third-order valence-electron chi connectivity index (χ3n) is 1.02. The SMILES string of the molecule is CC(=[OH+])CC(C)=[OH+].CC(=[OH+])CC(C)=[OH+].[Mg+2]. The zero-order chi connectivity index (χ0) is 11.7. The van der Waals surface area contributed by atoms with Crippen LogP contribution in [0, 0.1) is 0 Å². The van der Waals surface area contributed by atoms with Gasteiger partial charge in [-0.15, -0.1) is 0 Å². The predicted octanol–water partition coefficient (Wildman–Crippen LogP) is 0.631. The molecular weight excluding hydrogens is 208 g/mol. The van der Waals surface area contributed by atoms with Gasteiger partial charge in [-0.25, -0.2) is 0 Å². The van der Waals surface area contributed by atoms with Crippen LogP contribution in [0.4, 0.5) is 0 Å². The minimum atomic E-state index is 0. The molecule has 0 rings (SSSR count). The van der Waals surface area contributed by atoms with Gasteiger partial charge in [-0.05, 0) is 0 Å². The molecule has 0 unspecified atom stereocenters. The molecule has 4 N–H and O–H groups in total. The average molecular weight is 229 g/mol. The average Bonchev–Trinajstić information content (AvgIpc) is 1.79. The normalized spacial score (nSPS) is 7.73. The zero-order valence-electron chi connectivity index (χ0n) is 9.91. The van der Waals surface area contributed by atoms with Crippen LogP contribution in [0.15, 0.2) is 0 Å². The molecule has 0 radical (unpaired) electrons. The number of rotatable bonds is 4. The largest absolute Gasteiger partial charge is 2.00 e. The standard InChI is InChI=1S/2C5H8O2.Mg/c2*1-4(6)3-5(2)7;/h2*3H2,1-2H3;/q;;+2/p+4. The molecule has 0 spiro atoms. The van der Waals surface area contributed by atoms with Crippen LogP contribution in [-0.4, -0.2) is 65.4 Å². The van der Waals surface area contributed by atoms with E-state index in [9.17, 15) is 0 Å². The molecule has 0 aromatic heterocycles. The summed E-state index contributed by atoms with van der Waals surface area (Å²) >= 11 is 0. The van der Waals surface area contributed by atoms with E-state index in [-0.39, 0.29) is 46.2 Å². The molecule has 4 nitrogen and oxygen atoms in total. The number of hydrogen-bond donors (Lipinski definition) is 0. The van der Waals surface area contributed by atoms with Gasteiger partial charge in [0.05, 0.1) is 0 Å². The van der Waals surface area contributed by atoms with Crippen molar-refractivity contribution in [3.8, 4) is 0 Å². The molecule has 5 heteroatoms. The van der Waals surface area contributed by atoms with Crippen LogP contribution in [0.5, 0.6) is 0 Å². The van der Waals surface area contributed by atoms with Crippen molar-refractivity contribution in [2.24, 2.45) is 0 Å². The molecule has 0 saturated carbocycles. The quantitative estimate of drug-likeness (QED) is 0.384. The Morgan fingerprint density at radius 2 is 0.733 bits per heavy atom. The Morgan fingerprint density at radius 1 is 0.600 bits per heavy atom. The molecule has 0 aliphatic rings. The third kappa shape index (κ3) is 31.8. The second-order valence-corrected chi connectivity index (χ2v) is 3.29. The first-order valence-electron chi connectivity index (χ1n) is 4.31. The molecule has 0 fully saturated rings. The predicted molar refractivity (Wildman–Crippen MR) is 65.5 cm³/mol. The zero-order valence-corrected chi connectivity index (χ0v) is 11.3. The summed E-state index contributed by atoms with van der Waals surface area (Å²) < 4.78 is 0. The molecule has 0 heterocycles. The van der Waals surface area contributed by atoms with Crippen molar-refractivity contribution in [3.05, 3.63) is 0 Å². The third-order valence-corrected chi connectivity index (χ3v) is 1.02. The fourth-order valence-corrected chi connectivity index (χ4v) is 0.740. The van der Waals surface area contributed by atoms with Crippen LogP contribution in [0.1, 0.15) is 40.5 Å². The van der Waals surface area contributed by atoms with Gasteiger partial charge in [0.25, 0.3) is 0 Å². The maximum absolute atomic E-state index is 8.46. The van der Waals surface area contributed by atoms with Gasteiger partial charge < -0.3 is 0 Å². The summed E-state index contributed by atoms with van der Waals surface area (Å²) in [5.74, 6) is 1.00. The van der Waals surface area contributed by atoms with E-state index in [1.807, 2.05) is 0 Å². The van der Waals surface area contributed by atoms with E-state index >= 15 is 0 Å². The molecular formula is C10H20MgO4+6. The minimum absolute atomic E-state index is 0. The van der Waals surface area contributed by atoms with Crippen molar-refractivity contribution in [1.82, 2.24) is 0 Å². The van der Waals surface area contributed by atoms with Gasteiger partial charge in [-0.2, -0.15) is 0 Å². The molecule has 0 atom stereocenters. The van der Waals surface area contributed by atoms with Crippen molar-refractivity contribution < 1.29 is 19.2 Å². The Kier molecular flexibility index (Phi) is 15.3. The second kappa shape index (κ2) is 11.5. The van der Waals surface area contributed by atoms with E-state index < -0.39 is 0 Å². The van der Waals surface area contributed by atoms with Gasteiger partial charge in [-0.1, -0.05) is 0 Å². The molecule has 0 amide bonds. The molecule has 80 valence electrons. The van der Waals surface area contributed by atoms with E-state index in [4.69, 9.17) is 19.2 Å².